The molecule has 1 aromatic heterocycles. The number of hydrogen-bond acceptors (Lipinski definition) is 3. The summed E-state index contributed by atoms with van der Waals surface area (Å²) in [6.07, 6.45) is 1.53. The zero-order valence-corrected chi connectivity index (χ0v) is 16.9. The first-order chi connectivity index (χ1) is 13.1. The van der Waals surface area contributed by atoms with Crippen LogP contribution in [0.3, 0.4) is 0 Å². The first-order valence-electron chi connectivity index (χ1n) is 9.06. The van der Waals surface area contributed by atoms with Crippen molar-refractivity contribution in [1.82, 2.24) is 4.57 Å². The third kappa shape index (κ3) is 2.96. The van der Waals surface area contributed by atoms with Crippen LogP contribution in [0.4, 0.5) is 4.39 Å². The molecule has 0 N–H and O–H groups in total. The summed E-state index contributed by atoms with van der Waals surface area (Å²) >= 11 is 6.15. The van der Waals surface area contributed by atoms with Gasteiger partial charge in [-0.2, -0.15) is 0 Å². The van der Waals surface area contributed by atoms with Gasteiger partial charge in [-0.15, -0.1) is 0 Å². The van der Waals surface area contributed by atoms with Crippen LogP contribution in [0.5, 0.6) is 0 Å². The van der Waals surface area contributed by atoms with Crippen molar-refractivity contribution in [3.63, 3.8) is 0 Å². The van der Waals surface area contributed by atoms with Gasteiger partial charge in [0.1, 0.15) is 11.5 Å². The number of para-hydroxylation sites is 1. The monoisotopic (exact) mass is 399 g/mol. The molecule has 0 atom stereocenters. The summed E-state index contributed by atoms with van der Waals surface area (Å²) in [5, 5.41) is 1.35. The van der Waals surface area contributed by atoms with Gasteiger partial charge in [0.15, 0.2) is 0 Å². The highest BCUT2D eigenvalue weighted by atomic mass is 35.5. The van der Waals surface area contributed by atoms with Crippen molar-refractivity contribution in [2.45, 2.75) is 38.9 Å². The number of pyridine rings is 1. The smallest absolute Gasteiger partial charge is 0.399 e. The molecule has 4 rings (SSSR count). The number of aromatic nitrogens is 1. The minimum Gasteiger partial charge on any atom is -0.399 e. The molecule has 7 heteroatoms. The number of rotatable bonds is 2. The van der Waals surface area contributed by atoms with E-state index in [-0.39, 0.29) is 16.3 Å². The van der Waals surface area contributed by atoms with Crippen molar-refractivity contribution in [1.29, 1.82) is 0 Å². The zero-order chi connectivity index (χ0) is 20.3. The van der Waals surface area contributed by atoms with E-state index in [1.165, 1.54) is 22.9 Å². The van der Waals surface area contributed by atoms with Gasteiger partial charge in [-0.1, -0.05) is 29.8 Å². The number of hydrogen-bond donors (Lipinski definition) is 0. The summed E-state index contributed by atoms with van der Waals surface area (Å²) in [6.45, 7) is 7.89. The van der Waals surface area contributed by atoms with Crippen LogP contribution in [0.1, 0.15) is 27.7 Å². The molecule has 0 bridgehead atoms. The maximum absolute atomic E-state index is 14.3. The van der Waals surface area contributed by atoms with Crippen molar-refractivity contribution < 1.29 is 13.7 Å². The molecule has 0 spiro atoms. The Morgan fingerprint density at radius 3 is 2.36 bits per heavy atom. The van der Waals surface area contributed by atoms with Crippen LogP contribution in [0.15, 0.2) is 53.5 Å². The average molecular weight is 400 g/mol. The molecular weight excluding hydrogens is 379 g/mol. The van der Waals surface area contributed by atoms with Crippen molar-refractivity contribution in [2.24, 2.45) is 0 Å². The second-order valence-electron chi connectivity index (χ2n) is 8.00. The quantitative estimate of drug-likeness (QED) is 0.610. The van der Waals surface area contributed by atoms with E-state index in [0.717, 1.165) is 10.8 Å². The van der Waals surface area contributed by atoms with Crippen LogP contribution in [0, 0.1) is 5.82 Å². The fraction of sp³-hybridized carbons (Fsp3) is 0.286. The lowest BCUT2D eigenvalue weighted by molar-refractivity contribution is 0.00578. The molecule has 3 aromatic rings. The fourth-order valence-electron chi connectivity index (χ4n) is 3.28. The molecule has 2 heterocycles. The Labute approximate surface area is 168 Å². The number of nitrogens with zero attached hydrogens (tertiary/aromatic N) is 1. The topological polar surface area (TPSA) is 40.5 Å². The number of benzene rings is 2. The largest absolute Gasteiger partial charge is 0.494 e. The summed E-state index contributed by atoms with van der Waals surface area (Å²) in [6, 6.07) is 11.5. The molecule has 0 amide bonds. The molecule has 0 radical (unpaired) electrons. The molecule has 0 saturated carbocycles. The van der Waals surface area contributed by atoms with E-state index < -0.39 is 24.1 Å². The highest BCUT2D eigenvalue weighted by Gasteiger charge is 2.51. The van der Waals surface area contributed by atoms with E-state index in [4.69, 9.17) is 20.9 Å². The van der Waals surface area contributed by atoms with Gasteiger partial charge in [0.05, 0.1) is 16.2 Å². The predicted molar refractivity (Wildman–Crippen MR) is 110 cm³/mol. The second-order valence-corrected chi connectivity index (χ2v) is 8.40. The third-order valence-electron chi connectivity index (χ3n) is 5.63. The van der Waals surface area contributed by atoms with Crippen LogP contribution in [-0.4, -0.2) is 22.9 Å². The summed E-state index contributed by atoms with van der Waals surface area (Å²) in [5.41, 5.74) is -0.547. The van der Waals surface area contributed by atoms with Gasteiger partial charge in [-0.05, 0) is 62.8 Å². The molecule has 2 aromatic carbocycles. The van der Waals surface area contributed by atoms with Crippen LogP contribution in [0.25, 0.3) is 16.5 Å². The molecule has 144 valence electrons. The normalized spacial score (nSPS) is 18.0. The number of fused-ring (bicyclic) bond motifs is 1. The minimum atomic E-state index is -0.584. The predicted octanol–water partition coefficient (Wildman–Crippen LogP) is 4.08. The van der Waals surface area contributed by atoms with E-state index in [9.17, 15) is 9.18 Å². The van der Waals surface area contributed by atoms with Crippen molar-refractivity contribution in [2.75, 3.05) is 0 Å². The van der Waals surface area contributed by atoms with E-state index in [1.807, 2.05) is 39.8 Å². The Hall–Kier alpha value is -2.15. The van der Waals surface area contributed by atoms with E-state index >= 15 is 0 Å². The Bertz CT molecular complexity index is 1110. The highest BCUT2D eigenvalue weighted by molar-refractivity contribution is 6.62. The molecular formula is C21H20BClFNO3. The van der Waals surface area contributed by atoms with Crippen molar-refractivity contribution >= 4 is 35.0 Å². The van der Waals surface area contributed by atoms with Crippen molar-refractivity contribution in [3.05, 3.63) is 69.9 Å². The maximum atomic E-state index is 14.3. The molecule has 1 aliphatic rings. The molecule has 1 aliphatic heterocycles. The van der Waals surface area contributed by atoms with Gasteiger partial charge in [0.2, 0.25) is 0 Å². The zero-order valence-electron chi connectivity index (χ0n) is 16.1. The first-order valence-corrected chi connectivity index (χ1v) is 9.44. The molecule has 0 unspecified atom stereocenters. The molecule has 1 saturated heterocycles. The summed E-state index contributed by atoms with van der Waals surface area (Å²) in [4.78, 5) is 13.1. The molecule has 1 fully saturated rings. The Balaban J connectivity index is 1.85. The van der Waals surface area contributed by atoms with Crippen LogP contribution in [-0.2, 0) is 9.31 Å². The van der Waals surface area contributed by atoms with Crippen LogP contribution < -0.4 is 11.0 Å². The second kappa shape index (κ2) is 6.44. The van der Waals surface area contributed by atoms with Gasteiger partial charge in [0.25, 0.3) is 5.56 Å². The summed E-state index contributed by atoms with van der Waals surface area (Å²) < 4.78 is 27.7. The Morgan fingerprint density at radius 2 is 1.71 bits per heavy atom. The van der Waals surface area contributed by atoms with Gasteiger partial charge >= 0.3 is 7.12 Å². The lowest BCUT2D eigenvalue weighted by Crippen LogP contribution is -2.41. The average Bonchev–Trinajstić information content (AvgIpc) is 2.84. The lowest BCUT2D eigenvalue weighted by atomic mass is 9.78. The molecule has 28 heavy (non-hydrogen) atoms. The van der Waals surface area contributed by atoms with E-state index in [0.29, 0.717) is 5.39 Å². The van der Waals surface area contributed by atoms with Gasteiger partial charge in [0, 0.05) is 11.6 Å². The molecule has 0 aliphatic carbocycles. The number of halogens is 2. The minimum absolute atomic E-state index is 0.0390. The fourth-order valence-corrected chi connectivity index (χ4v) is 3.53. The standard InChI is InChI=1S/C21H20BClFNO3/c1-20(2)21(3,4)28-22(27-20)14-9-8-13-10-11-25(19(26)15(13)12-14)18-16(23)6-5-7-17(18)24/h5-12H,1-4H3. The Morgan fingerprint density at radius 1 is 1.04 bits per heavy atom. The first kappa shape index (κ1) is 19.2. The van der Waals surface area contributed by atoms with Crippen molar-refractivity contribution in [3.8, 4) is 5.69 Å². The van der Waals surface area contributed by atoms with E-state index in [2.05, 4.69) is 0 Å². The van der Waals surface area contributed by atoms with Gasteiger partial charge < -0.3 is 9.31 Å². The SMILES string of the molecule is CC1(C)OB(c2ccc3ccn(-c4c(F)cccc4Cl)c(=O)c3c2)OC1(C)C. The lowest BCUT2D eigenvalue weighted by Gasteiger charge is -2.32. The summed E-state index contributed by atoms with van der Waals surface area (Å²) in [5.74, 6) is -0.559. The maximum Gasteiger partial charge on any atom is 0.494 e. The van der Waals surface area contributed by atoms with E-state index in [1.54, 1.807) is 18.2 Å². The summed E-state index contributed by atoms with van der Waals surface area (Å²) in [7, 11) is -0.584. The van der Waals surface area contributed by atoms with Crippen LogP contribution >= 0.6 is 11.6 Å². The third-order valence-corrected chi connectivity index (χ3v) is 5.94. The molecule has 4 nitrogen and oxygen atoms in total. The Kier molecular flexibility index (Phi) is 4.41. The van der Waals surface area contributed by atoms with Crippen LogP contribution in [0.2, 0.25) is 5.02 Å². The van der Waals surface area contributed by atoms with Gasteiger partial charge in [-0.25, -0.2) is 4.39 Å². The van der Waals surface area contributed by atoms with Gasteiger partial charge in [-0.3, -0.25) is 9.36 Å². The highest BCUT2D eigenvalue weighted by Crippen LogP contribution is 2.36.